The first-order valence-corrected chi connectivity index (χ1v) is 8.19. The minimum atomic E-state index is -4.42. The van der Waals surface area contributed by atoms with E-state index in [-0.39, 0.29) is 12.5 Å². The highest BCUT2D eigenvalue weighted by atomic mass is 19.4. The van der Waals surface area contributed by atoms with Crippen LogP contribution in [0.25, 0.3) is 11.0 Å². The number of nitrogens with one attached hydrogen (secondary N) is 1. The fourth-order valence-corrected chi connectivity index (χ4v) is 2.75. The van der Waals surface area contributed by atoms with Gasteiger partial charge in [-0.25, -0.2) is 15.0 Å². The number of aromatic nitrogens is 5. The normalized spacial score (nSPS) is 13.2. The summed E-state index contributed by atoms with van der Waals surface area (Å²) >= 11 is 0. The van der Waals surface area contributed by atoms with Crippen molar-refractivity contribution in [3.8, 4) is 0 Å². The van der Waals surface area contributed by atoms with Crippen LogP contribution in [0.15, 0.2) is 24.4 Å². The molecule has 0 aliphatic heterocycles. The summed E-state index contributed by atoms with van der Waals surface area (Å²) in [5.41, 5.74) is 0.201. The summed E-state index contributed by atoms with van der Waals surface area (Å²) < 4.78 is 40.3. The molecule has 0 bridgehead atoms. The molecule has 0 radical (unpaired) electrons. The summed E-state index contributed by atoms with van der Waals surface area (Å²) in [5.74, 6) is 1.10. The SMILES string of the molecule is Cc1cc(C(F)(F)F)n(C[C@@H](C)CNc2nc(C)nc3ncccc23)n1. The van der Waals surface area contributed by atoms with Gasteiger partial charge in [-0.2, -0.15) is 18.3 Å². The molecule has 26 heavy (non-hydrogen) atoms. The molecule has 138 valence electrons. The van der Waals surface area contributed by atoms with Crippen LogP contribution in [0.3, 0.4) is 0 Å². The molecule has 3 aromatic rings. The van der Waals surface area contributed by atoms with Crippen LogP contribution in [-0.2, 0) is 12.7 Å². The van der Waals surface area contributed by atoms with E-state index in [1.54, 1.807) is 26.1 Å². The largest absolute Gasteiger partial charge is 0.433 e. The molecule has 3 rings (SSSR count). The molecule has 0 saturated carbocycles. The second kappa shape index (κ2) is 6.89. The van der Waals surface area contributed by atoms with E-state index in [1.165, 1.54) is 0 Å². The van der Waals surface area contributed by atoms with Gasteiger partial charge in [-0.1, -0.05) is 6.92 Å². The number of nitrogens with zero attached hydrogens (tertiary/aromatic N) is 5. The molecule has 0 unspecified atom stereocenters. The number of alkyl halides is 3. The van der Waals surface area contributed by atoms with Crippen molar-refractivity contribution in [1.29, 1.82) is 0 Å². The lowest BCUT2D eigenvalue weighted by atomic mass is 10.1. The Bertz CT molecular complexity index is 918. The van der Waals surface area contributed by atoms with Gasteiger partial charge in [0.15, 0.2) is 5.65 Å². The number of pyridine rings is 1. The molecule has 0 aliphatic carbocycles. The second-order valence-corrected chi connectivity index (χ2v) is 6.33. The average Bonchev–Trinajstić information content (AvgIpc) is 2.93. The monoisotopic (exact) mass is 364 g/mol. The Balaban J connectivity index is 1.74. The van der Waals surface area contributed by atoms with Gasteiger partial charge >= 0.3 is 6.18 Å². The molecule has 1 N–H and O–H groups in total. The van der Waals surface area contributed by atoms with E-state index >= 15 is 0 Å². The summed E-state index contributed by atoms with van der Waals surface area (Å²) in [6.45, 7) is 5.77. The summed E-state index contributed by atoms with van der Waals surface area (Å²) in [6, 6.07) is 4.71. The van der Waals surface area contributed by atoms with Gasteiger partial charge in [0.1, 0.15) is 17.3 Å². The molecule has 3 aromatic heterocycles. The summed E-state index contributed by atoms with van der Waals surface area (Å²) in [4.78, 5) is 12.9. The number of anilines is 1. The van der Waals surface area contributed by atoms with Crippen molar-refractivity contribution in [2.24, 2.45) is 5.92 Å². The van der Waals surface area contributed by atoms with Gasteiger partial charge in [-0.3, -0.25) is 4.68 Å². The van der Waals surface area contributed by atoms with Crippen LogP contribution in [0.5, 0.6) is 0 Å². The second-order valence-electron chi connectivity index (χ2n) is 6.33. The third-order valence-corrected chi connectivity index (χ3v) is 3.88. The number of hydrogen-bond acceptors (Lipinski definition) is 5. The lowest BCUT2D eigenvalue weighted by molar-refractivity contribution is -0.144. The van der Waals surface area contributed by atoms with Crippen molar-refractivity contribution in [1.82, 2.24) is 24.7 Å². The predicted octanol–water partition coefficient (Wildman–Crippen LogP) is 3.61. The van der Waals surface area contributed by atoms with Crippen molar-refractivity contribution in [3.63, 3.8) is 0 Å². The Labute approximate surface area is 148 Å². The third-order valence-electron chi connectivity index (χ3n) is 3.88. The quantitative estimate of drug-likeness (QED) is 0.749. The first-order valence-electron chi connectivity index (χ1n) is 8.19. The Morgan fingerprint density at radius 3 is 2.73 bits per heavy atom. The van der Waals surface area contributed by atoms with Crippen LogP contribution in [0.2, 0.25) is 0 Å². The van der Waals surface area contributed by atoms with Crippen molar-refractivity contribution in [2.75, 3.05) is 11.9 Å². The zero-order valence-corrected chi connectivity index (χ0v) is 14.7. The van der Waals surface area contributed by atoms with Gasteiger partial charge in [0.05, 0.1) is 11.1 Å². The molecular weight excluding hydrogens is 345 g/mol. The molecule has 1 atom stereocenters. The first kappa shape index (κ1) is 18.1. The predicted molar refractivity (Wildman–Crippen MR) is 91.7 cm³/mol. The highest BCUT2D eigenvalue weighted by Gasteiger charge is 2.35. The molecule has 0 spiro atoms. The molecular formula is C17H19F3N6. The van der Waals surface area contributed by atoms with E-state index in [0.29, 0.717) is 29.5 Å². The summed E-state index contributed by atoms with van der Waals surface area (Å²) in [7, 11) is 0. The molecule has 0 saturated heterocycles. The van der Waals surface area contributed by atoms with E-state index in [1.807, 2.05) is 13.0 Å². The van der Waals surface area contributed by atoms with Gasteiger partial charge < -0.3 is 5.32 Å². The number of fused-ring (bicyclic) bond motifs is 1. The standard InChI is InChI=1S/C17H19F3N6/c1-10(9-26-14(17(18,19)20)7-11(2)25-26)8-22-16-13-5-4-6-21-15(13)23-12(3)24-16/h4-7,10H,8-9H2,1-3H3,(H,21,22,23,24)/t10-/m0/s1. The molecule has 0 aliphatic rings. The Kier molecular flexibility index (Phi) is 4.80. The van der Waals surface area contributed by atoms with Gasteiger partial charge in [-0.05, 0) is 38.0 Å². The highest BCUT2D eigenvalue weighted by molar-refractivity contribution is 5.86. The lowest BCUT2D eigenvalue weighted by Crippen LogP contribution is -2.22. The third kappa shape index (κ3) is 3.92. The molecule has 3 heterocycles. The number of hydrogen-bond donors (Lipinski definition) is 1. The maximum absolute atomic E-state index is 13.1. The summed E-state index contributed by atoms with van der Waals surface area (Å²) in [6.07, 6.45) is -2.76. The van der Waals surface area contributed by atoms with Crippen LogP contribution >= 0.6 is 0 Å². The van der Waals surface area contributed by atoms with Crippen LogP contribution in [0.1, 0.15) is 24.1 Å². The minimum absolute atomic E-state index is 0.0996. The molecule has 0 amide bonds. The van der Waals surface area contributed by atoms with E-state index in [4.69, 9.17) is 0 Å². The van der Waals surface area contributed by atoms with Crippen molar-refractivity contribution < 1.29 is 13.2 Å². The van der Waals surface area contributed by atoms with Crippen molar-refractivity contribution in [3.05, 3.63) is 41.6 Å². The summed E-state index contributed by atoms with van der Waals surface area (Å²) in [5, 5.41) is 7.94. The van der Waals surface area contributed by atoms with Gasteiger partial charge in [0.25, 0.3) is 0 Å². The van der Waals surface area contributed by atoms with Gasteiger partial charge in [0.2, 0.25) is 0 Å². The smallest absolute Gasteiger partial charge is 0.369 e. The fraction of sp³-hybridized carbons (Fsp3) is 0.412. The fourth-order valence-electron chi connectivity index (χ4n) is 2.75. The van der Waals surface area contributed by atoms with Crippen molar-refractivity contribution >= 4 is 16.9 Å². The maximum atomic E-state index is 13.1. The number of aryl methyl sites for hydroxylation is 2. The molecule has 6 nitrogen and oxygen atoms in total. The molecule has 0 fully saturated rings. The molecule has 9 heteroatoms. The zero-order chi connectivity index (χ0) is 18.9. The van der Waals surface area contributed by atoms with Crippen LogP contribution in [0.4, 0.5) is 19.0 Å². The first-order chi connectivity index (χ1) is 12.2. The van der Waals surface area contributed by atoms with Crippen LogP contribution in [0, 0.1) is 19.8 Å². The van der Waals surface area contributed by atoms with Crippen LogP contribution < -0.4 is 5.32 Å². The maximum Gasteiger partial charge on any atom is 0.433 e. The Hall–Kier alpha value is -2.71. The van der Waals surface area contributed by atoms with E-state index in [0.717, 1.165) is 16.1 Å². The molecule has 0 aromatic carbocycles. The van der Waals surface area contributed by atoms with Gasteiger partial charge in [-0.15, -0.1) is 0 Å². The minimum Gasteiger partial charge on any atom is -0.369 e. The zero-order valence-electron chi connectivity index (χ0n) is 14.7. The van der Waals surface area contributed by atoms with Crippen LogP contribution in [-0.4, -0.2) is 31.3 Å². The highest BCUT2D eigenvalue weighted by Crippen LogP contribution is 2.30. The number of halogens is 3. The average molecular weight is 364 g/mol. The Morgan fingerprint density at radius 1 is 1.23 bits per heavy atom. The lowest BCUT2D eigenvalue weighted by Gasteiger charge is -2.17. The van der Waals surface area contributed by atoms with E-state index < -0.39 is 11.9 Å². The van der Waals surface area contributed by atoms with Crippen molar-refractivity contribution in [2.45, 2.75) is 33.5 Å². The Morgan fingerprint density at radius 2 is 2.00 bits per heavy atom. The van der Waals surface area contributed by atoms with Gasteiger partial charge in [0, 0.05) is 19.3 Å². The topological polar surface area (TPSA) is 68.5 Å². The number of rotatable bonds is 5. The van der Waals surface area contributed by atoms with E-state index in [2.05, 4.69) is 25.4 Å². The van der Waals surface area contributed by atoms with E-state index in [9.17, 15) is 13.2 Å².